The van der Waals surface area contributed by atoms with Crippen LogP contribution in [-0.4, -0.2) is 31.0 Å². The molecule has 3 aromatic rings. The highest BCUT2D eigenvalue weighted by molar-refractivity contribution is 7.07. The summed E-state index contributed by atoms with van der Waals surface area (Å²) in [5.41, 5.74) is 4.37. The maximum atomic E-state index is 12.4. The number of amides is 1. The molecule has 0 aliphatic carbocycles. The van der Waals surface area contributed by atoms with Crippen LogP contribution in [0.1, 0.15) is 16.1 Å². The first kappa shape index (κ1) is 17.9. The topological polar surface area (TPSA) is 54.5 Å². The van der Waals surface area contributed by atoms with Crippen molar-refractivity contribution in [2.75, 3.05) is 25.0 Å². The van der Waals surface area contributed by atoms with Crippen molar-refractivity contribution in [2.45, 2.75) is 6.61 Å². The van der Waals surface area contributed by atoms with Gasteiger partial charge in [-0.15, -0.1) is 11.3 Å². The molecule has 0 unspecified atom stereocenters. The van der Waals surface area contributed by atoms with E-state index in [0.717, 1.165) is 17.9 Å². The van der Waals surface area contributed by atoms with Gasteiger partial charge in [0, 0.05) is 36.8 Å². The average Bonchev–Trinajstić information content (AvgIpc) is 3.21. The molecular formula is C20H21N3O2S. The van der Waals surface area contributed by atoms with Crippen LogP contribution in [0, 0.1) is 0 Å². The SMILES string of the molecule is CN(CCNC(=O)c1cccc(OCc2cscn2)c1)c1ccccc1. The molecule has 134 valence electrons. The van der Waals surface area contributed by atoms with Crippen LogP contribution < -0.4 is 15.0 Å². The second kappa shape index (κ2) is 9.01. The van der Waals surface area contributed by atoms with Crippen LogP contribution in [0.15, 0.2) is 65.5 Å². The first-order valence-corrected chi connectivity index (χ1v) is 9.31. The summed E-state index contributed by atoms with van der Waals surface area (Å²) in [5.74, 6) is 0.553. The number of benzene rings is 2. The second-order valence-electron chi connectivity index (χ2n) is 5.81. The van der Waals surface area contributed by atoms with E-state index in [4.69, 9.17) is 4.74 Å². The molecule has 0 radical (unpaired) electrons. The molecule has 0 saturated heterocycles. The van der Waals surface area contributed by atoms with Gasteiger partial charge in [-0.05, 0) is 30.3 Å². The van der Waals surface area contributed by atoms with Crippen LogP contribution in [0.5, 0.6) is 5.75 Å². The fourth-order valence-corrected chi connectivity index (χ4v) is 2.99. The molecule has 6 heteroatoms. The van der Waals surface area contributed by atoms with E-state index in [9.17, 15) is 4.79 Å². The van der Waals surface area contributed by atoms with Crippen molar-refractivity contribution in [1.82, 2.24) is 10.3 Å². The largest absolute Gasteiger partial charge is 0.487 e. The Morgan fingerprint density at radius 1 is 1.19 bits per heavy atom. The number of nitrogens with one attached hydrogen (secondary N) is 1. The number of aromatic nitrogens is 1. The summed E-state index contributed by atoms with van der Waals surface area (Å²) in [6.07, 6.45) is 0. The number of hydrogen-bond donors (Lipinski definition) is 1. The van der Waals surface area contributed by atoms with Gasteiger partial charge >= 0.3 is 0 Å². The zero-order chi connectivity index (χ0) is 18.2. The summed E-state index contributed by atoms with van der Waals surface area (Å²) in [4.78, 5) is 18.6. The fourth-order valence-electron chi connectivity index (χ4n) is 2.44. The Labute approximate surface area is 157 Å². The number of anilines is 1. The molecule has 1 heterocycles. The molecular weight excluding hydrogens is 346 g/mol. The maximum absolute atomic E-state index is 12.4. The van der Waals surface area contributed by atoms with Crippen molar-refractivity contribution in [2.24, 2.45) is 0 Å². The Morgan fingerprint density at radius 2 is 2.04 bits per heavy atom. The summed E-state index contributed by atoms with van der Waals surface area (Å²) >= 11 is 1.53. The number of carbonyl (C=O) groups excluding carboxylic acids is 1. The van der Waals surface area contributed by atoms with E-state index in [1.165, 1.54) is 11.3 Å². The van der Waals surface area contributed by atoms with Crippen molar-refractivity contribution in [3.63, 3.8) is 0 Å². The normalized spacial score (nSPS) is 10.3. The van der Waals surface area contributed by atoms with Gasteiger partial charge in [-0.3, -0.25) is 4.79 Å². The predicted octanol–water partition coefficient (Wildman–Crippen LogP) is 3.59. The zero-order valence-electron chi connectivity index (χ0n) is 14.6. The van der Waals surface area contributed by atoms with Crippen LogP contribution in [0.2, 0.25) is 0 Å². The minimum Gasteiger partial charge on any atom is -0.487 e. The molecule has 1 amide bonds. The van der Waals surface area contributed by atoms with Crippen LogP contribution in [0.25, 0.3) is 0 Å². The first-order chi connectivity index (χ1) is 12.7. The minimum atomic E-state index is -0.106. The van der Waals surface area contributed by atoms with Gasteiger partial charge in [0.25, 0.3) is 5.91 Å². The third kappa shape index (κ3) is 5.07. The van der Waals surface area contributed by atoms with Crippen molar-refractivity contribution in [1.29, 1.82) is 0 Å². The monoisotopic (exact) mass is 367 g/mol. The van der Waals surface area contributed by atoms with E-state index >= 15 is 0 Å². The zero-order valence-corrected chi connectivity index (χ0v) is 15.4. The maximum Gasteiger partial charge on any atom is 0.251 e. The van der Waals surface area contributed by atoms with Crippen molar-refractivity contribution >= 4 is 22.9 Å². The summed E-state index contributed by atoms with van der Waals surface area (Å²) < 4.78 is 5.70. The second-order valence-corrected chi connectivity index (χ2v) is 6.53. The summed E-state index contributed by atoms with van der Waals surface area (Å²) in [7, 11) is 2.01. The summed E-state index contributed by atoms with van der Waals surface area (Å²) in [6.45, 7) is 1.69. The Kier molecular flexibility index (Phi) is 6.22. The molecule has 0 bridgehead atoms. The molecule has 5 nitrogen and oxygen atoms in total. The molecule has 0 fully saturated rings. The highest BCUT2D eigenvalue weighted by Crippen LogP contribution is 2.15. The molecule has 3 rings (SSSR count). The third-order valence-electron chi connectivity index (χ3n) is 3.90. The van der Waals surface area contributed by atoms with E-state index < -0.39 is 0 Å². The molecule has 1 aromatic heterocycles. The van der Waals surface area contributed by atoms with Gasteiger partial charge in [0.1, 0.15) is 12.4 Å². The van der Waals surface area contributed by atoms with Crippen molar-refractivity contribution in [3.05, 3.63) is 76.7 Å². The third-order valence-corrected chi connectivity index (χ3v) is 4.53. The van der Waals surface area contributed by atoms with Crippen LogP contribution >= 0.6 is 11.3 Å². The first-order valence-electron chi connectivity index (χ1n) is 8.37. The number of carbonyl (C=O) groups is 1. The number of rotatable bonds is 8. The lowest BCUT2D eigenvalue weighted by atomic mass is 10.2. The highest BCUT2D eigenvalue weighted by Gasteiger charge is 2.08. The van der Waals surface area contributed by atoms with E-state index in [1.807, 2.05) is 54.9 Å². The highest BCUT2D eigenvalue weighted by atomic mass is 32.1. The number of hydrogen-bond acceptors (Lipinski definition) is 5. The van der Waals surface area contributed by atoms with Crippen LogP contribution in [-0.2, 0) is 6.61 Å². The molecule has 26 heavy (non-hydrogen) atoms. The lowest BCUT2D eigenvalue weighted by molar-refractivity contribution is 0.0954. The number of nitrogens with zero attached hydrogens (tertiary/aromatic N) is 2. The number of ether oxygens (including phenoxy) is 1. The van der Waals surface area contributed by atoms with Crippen LogP contribution in [0.4, 0.5) is 5.69 Å². The van der Waals surface area contributed by atoms with E-state index in [0.29, 0.717) is 24.5 Å². The van der Waals surface area contributed by atoms with Crippen molar-refractivity contribution < 1.29 is 9.53 Å². The molecule has 0 aliphatic rings. The summed E-state index contributed by atoms with van der Waals surface area (Å²) in [6, 6.07) is 17.3. The number of thiazole rings is 1. The van der Waals surface area contributed by atoms with Gasteiger partial charge in [-0.2, -0.15) is 0 Å². The molecule has 0 spiro atoms. The Morgan fingerprint density at radius 3 is 2.81 bits per heavy atom. The smallest absolute Gasteiger partial charge is 0.251 e. The Hall–Kier alpha value is -2.86. The Bertz CT molecular complexity index is 822. The predicted molar refractivity (Wildman–Crippen MR) is 105 cm³/mol. The number of para-hydroxylation sites is 1. The fraction of sp³-hybridized carbons (Fsp3) is 0.200. The lowest BCUT2D eigenvalue weighted by Gasteiger charge is -2.19. The number of likely N-dealkylation sites (N-methyl/N-ethyl adjacent to an activating group) is 1. The van der Waals surface area contributed by atoms with Crippen molar-refractivity contribution in [3.8, 4) is 5.75 Å². The van der Waals surface area contributed by atoms with Gasteiger partial charge in [-0.1, -0.05) is 24.3 Å². The quantitative estimate of drug-likeness (QED) is 0.661. The summed E-state index contributed by atoms with van der Waals surface area (Å²) in [5, 5.41) is 4.89. The Balaban J connectivity index is 1.49. The average molecular weight is 367 g/mol. The molecule has 0 saturated carbocycles. The van der Waals surface area contributed by atoms with Gasteiger partial charge < -0.3 is 15.0 Å². The van der Waals surface area contributed by atoms with E-state index in [1.54, 1.807) is 17.6 Å². The van der Waals surface area contributed by atoms with Gasteiger partial charge in [-0.25, -0.2) is 4.98 Å². The van der Waals surface area contributed by atoms with Crippen LogP contribution in [0.3, 0.4) is 0 Å². The van der Waals surface area contributed by atoms with Gasteiger partial charge in [0.05, 0.1) is 11.2 Å². The molecule has 0 aliphatic heterocycles. The minimum absolute atomic E-state index is 0.106. The molecule has 1 N–H and O–H groups in total. The van der Waals surface area contributed by atoms with Gasteiger partial charge in [0.2, 0.25) is 0 Å². The van der Waals surface area contributed by atoms with Gasteiger partial charge in [0.15, 0.2) is 0 Å². The lowest BCUT2D eigenvalue weighted by Crippen LogP contribution is -2.32. The standard InChI is InChI=1S/C20H21N3O2S/c1-23(18-7-3-2-4-8-18)11-10-21-20(24)16-6-5-9-19(12-16)25-13-17-14-26-15-22-17/h2-9,12,14-15H,10-11,13H2,1H3,(H,21,24). The van der Waals surface area contributed by atoms with E-state index in [-0.39, 0.29) is 5.91 Å². The van der Waals surface area contributed by atoms with E-state index in [2.05, 4.69) is 15.2 Å². The molecule has 0 atom stereocenters. The molecule has 2 aromatic carbocycles.